The molecular weight excluding hydrogens is 519 g/mol. The summed E-state index contributed by atoms with van der Waals surface area (Å²) in [6.45, 7) is 6.50. The Hall–Kier alpha value is -3.02. The number of nitrogens with zero attached hydrogens (tertiary/aromatic N) is 1. The summed E-state index contributed by atoms with van der Waals surface area (Å²) in [5.74, 6) is 0.405. The van der Waals surface area contributed by atoms with E-state index in [0.29, 0.717) is 35.1 Å². The van der Waals surface area contributed by atoms with E-state index in [9.17, 15) is 9.59 Å². The molecule has 0 aromatic heterocycles. The number of halogens is 2. The molecule has 1 N–H and O–H groups in total. The van der Waals surface area contributed by atoms with Crippen molar-refractivity contribution in [2.45, 2.75) is 65.1 Å². The van der Waals surface area contributed by atoms with Gasteiger partial charge >= 0.3 is 0 Å². The van der Waals surface area contributed by atoms with E-state index < -0.39 is 6.04 Å². The van der Waals surface area contributed by atoms with Gasteiger partial charge in [0.05, 0.1) is 6.61 Å². The normalized spacial score (nSPS) is 12.4. The molecule has 3 rings (SSSR count). The van der Waals surface area contributed by atoms with Crippen LogP contribution >= 0.6 is 23.2 Å². The lowest BCUT2D eigenvalue weighted by atomic mass is 10.0. The Morgan fingerprint density at radius 1 is 0.947 bits per heavy atom. The van der Waals surface area contributed by atoms with Gasteiger partial charge in [-0.2, -0.15) is 0 Å². The van der Waals surface area contributed by atoms with E-state index in [4.69, 9.17) is 27.9 Å². The number of carbonyl (C=O) groups excluding carboxylic acids is 2. The van der Waals surface area contributed by atoms with Gasteiger partial charge in [-0.15, -0.1) is 0 Å². The van der Waals surface area contributed by atoms with E-state index in [1.54, 1.807) is 23.1 Å². The first kappa shape index (κ1) is 29.5. The van der Waals surface area contributed by atoms with Crippen LogP contribution in [0.2, 0.25) is 10.0 Å². The second kappa shape index (κ2) is 14.8. The largest absolute Gasteiger partial charge is 0.494 e. The maximum Gasteiger partial charge on any atom is 0.243 e. The molecule has 0 spiro atoms. The van der Waals surface area contributed by atoms with Crippen molar-refractivity contribution >= 4 is 35.0 Å². The summed E-state index contributed by atoms with van der Waals surface area (Å²) < 4.78 is 5.83. The molecule has 0 saturated carbocycles. The Balaban J connectivity index is 1.84. The number of aryl methyl sites for hydroxylation is 1. The molecule has 0 fully saturated rings. The number of carbonyl (C=O) groups is 2. The summed E-state index contributed by atoms with van der Waals surface area (Å²) in [5, 5.41) is 3.98. The first-order valence-electron chi connectivity index (χ1n) is 13.0. The number of ether oxygens (including phenoxy) is 1. The van der Waals surface area contributed by atoms with Crippen LogP contribution in [0.5, 0.6) is 5.75 Å². The predicted molar refractivity (Wildman–Crippen MR) is 155 cm³/mol. The van der Waals surface area contributed by atoms with E-state index in [2.05, 4.69) is 5.32 Å². The molecule has 3 aromatic rings. The molecule has 0 heterocycles. The minimum Gasteiger partial charge on any atom is -0.494 e. The number of benzene rings is 3. The third-order valence-electron chi connectivity index (χ3n) is 6.49. The number of rotatable bonds is 13. The molecule has 0 aliphatic heterocycles. The Morgan fingerprint density at radius 2 is 1.61 bits per heavy atom. The second-order valence-corrected chi connectivity index (χ2v) is 10.3. The van der Waals surface area contributed by atoms with Gasteiger partial charge in [0.2, 0.25) is 11.8 Å². The van der Waals surface area contributed by atoms with Crippen LogP contribution < -0.4 is 10.1 Å². The van der Waals surface area contributed by atoms with Crippen molar-refractivity contribution in [3.05, 3.63) is 99.5 Å². The SMILES string of the molecule is CCC(C)NC(=O)C(Cc1ccccc1)N(Cc1c(Cl)cccc1Cl)C(=O)CCCOc1ccc(C)cc1. The fourth-order valence-electron chi connectivity index (χ4n) is 4.04. The third kappa shape index (κ3) is 8.78. The Labute approximate surface area is 236 Å². The molecule has 5 nitrogen and oxygen atoms in total. The van der Waals surface area contributed by atoms with E-state index in [-0.39, 0.29) is 30.8 Å². The van der Waals surface area contributed by atoms with Crippen molar-refractivity contribution in [3.63, 3.8) is 0 Å². The molecule has 0 saturated heterocycles. The van der Waals surface area contributed by atoms with Crippen LogP contribution in [0.3, 0.4) is 0 Å². The first-order chi connectivity index (χ1) is 18.3. The Bertz CT molecular complexity index is 1170. The second-order valence-electron chi connectivity index (χ2n) is 9.51. The standard InChI is InChI=1S/C31H36Cl2N2O3/c1-4-23(3)34-31(37)29(20-24-10-6-5-7-11-24)35(21-26-27(32)12-8-13-28(26)33)30(36)14-9-19-38-25-17-15-22(2)16-18-25/h5-8,10-13,15-18,23,29H,4,9,14,19-21H2,1-3H3,(H,34,37). The van der Waals surface area contributed by atoms with Crippen LogP contribution in [-0.2, 0) is 22.6 Å². The lowest BCUT2D eigenvalue weighted by molar-refractivity contribution is -0.141. The van der Waals surface area contributed by atoms with E-state index in [1.807, 2.05) is 75.4 Å². The number of nitrogens with one attached hydrogen (secondary N) is 1. The van der Waals surface area contributed by atoms with Crippen LogP contribution in [0.15, 0.2) is 72.8 Å². The maximum absolute atomic E-state index is 13.7. The molecule has 7 heteroatoms. The number of hydrogen-bond acceptors (Lipinski definition) is 3. The van der Waals surface area contributed by atoms with Gasteiger partial charge < -0.3 is 15.0 Å². The van der Waals surface area contributed by atoms with Gasteiger partial charge in [0.25, 0.3) is 0 Å². The smallest absolute Gasteiger partial charge is 0.243 e. The van der Waals surface area contributed by atoms with Crippen molar-refractivity contribution < 1.29 is 14.3 Å². The molecule has 0 bridgehead atoms. The third-order valence-corrected chi connectivity index (χ3v) is 7.20. The van der Waals surface area contributed by atoms with E-state index in [1.165, 1.54) is 0 Å². The van der Waals surface area contributed by atoms with Gasteiger partial charge in [-0.05, 0) is 56.5 Å². The van der Waals surface area contributed by atoms with Crippen molar-refractivity contribution in [2.24, 2.45) is 0 Å². The molecular formula is C31H36Cl2N2O3. The van der Waals surface area contributed by atoms with Gasteiger partial charge in [-0.1, -0.05) is 84.2 Å². The molecule has 2 atom stereocenters. The predicted octanol–water partition coefficient (Wildman–Crippen LogP) is 7.02. The molecule has 38 heavy (non-hydrogen) atoms. The monoisotopic (exact) mass is 554 g/mol. The van der Waals surface area contributed by atoms with Crippen molar-refractivity contribution in [2.75, 3.05) is 6.61 Å². The molecule has 202 valence electrons. The van der Waals surface area contributed by atoms with Crippen LogP contribution in [0.4, 0.5) is 0 Å². The average molecular weight is 556 g/mol. The summed E-state index contributed by atoms with van der Waals surface area (Å²) >= 11 is 13.0. The molecule has 0 aliphatic rings. The topological polar surface area (TPSA) is 58.6 Å². The van der Waals surface area contributed by atoms with Crippen LogP contribution in [0.1, 0.15) is 49.8 Å². The van der Waals surface area contributed by atoms with Crippen LogP contribution in [-0.4, -0.2) is 35.4 Å². The minimum absolute atomic E-state index is 0.0236. The van der Waals surface area contributed by atoms with Gasteiger partial charge in [0.15, 0.2) is 0 Å². The highest BCUT2D eigenvalue weighted by molar-refractivity contribution is 6.36. The highest BCUT2D eigenvalue weighted by atomic mass is 35.5. The van der Waals surface area contributed by atoms with Gasteiger partial charge in [-0.3, -0.25) is 9.59 Å². The lowest BCUT2D eigenvalue weighted by Crippen LogP contribution is -2.52. The fraction of sp³-hybridized carbons (Fsp3) is 0.355. The van der Waals surface area contributed by atoms with Crippen molar-refractivity contribution in [1.82, 2.24) is 10.2 Å². The lowest BCUT2D eigenvalue weighted by Gasteiger charge is -2.33. The summed E-state index contributed by atoms with van der Waals surface area (Å²) in [7, 11) is 0. The zero-order chi connectivity index (χ0) is 27.5. The van der Waals surface area contributed by atoms with E-state index >= 15 is 0 Å². The molecule has 2 amide bonds. The highest BCUT2D eigenvalue weighted by Crippen LogP contribution is 2.27. The molecule has 3 aromatic carbocycles. The Kier molecular flexibility index (Phi) is 11.5. The zero-order valence-corrected chi connectivity index (χ0v) is 23.8. The molecule has 0 radical (unpaired) electrons. The van der Waals surface area contributed by atoms with Crippen molar-refractivity contribution in [1.29, 1.82) is 0 Å². The summed E-state index contributed by atoms with van der Waals surface area (Å²) in [5.41, 5.74) is 2.73. The van der Waals surface area contributed by atoms with Crippen LogP contribution in [0, 0.1) is 6.92 Å². The van der Waals surface area contributed by atoms with Gasteiger partial charge in [0.1, 0.15) is 11.8 Å². The fourth-order valence-corrected chi connectivity index (χ4v) is 4.56. The quantitative estimate of drug-likeness (QED) is 0.231. The Morgan fingerprint density at radius 3 is 2.24 bits per heavy atom. The average Bonchev–Trinajstić information content (AvgIpc) is 2.91. The summed E-state index contributed by atoms with van der Waals surface area (Å²) in [6.07, 6.45) is 1.88. The van der Waals surface area contributed by atoms with Gasteiger partial charge in [-0.25, -0.2) is 0 Å². The van der Waals surface area contributed by atoms with Gasteiger partial charge in [0, 0.05) is 41.0 Å². The number of hydrogen-bond donors (Lipinski definition) is 1. The zero-order valence-electron chi connectivity index (χ0n) is 22.3. The van der Waals surface area contributed by atoms with Crippen LogP contribution in [0.25, 0.3) is 0 Å². The maximum atomic E-state index is 13.7. The summed E-state index contributed by atoms with van der Waals surface area (Å²) in [4.78, 5) is 28.9. The van der Waals surface area contributed by atoms with Crippen molar-refractivity contribution in [3.8, 4) is 5.75 Å². The van der Waals surface area contributed by atoms with E-state index in [0.717, 1.165) is 23.3 Å². The molecule has 0 aliphatic carbocycles. The molecule has 2 unspecified atom stereocenters. The highest BCUT2D eigenvalue weighted by Gasteiger charge is 2.31. The summed E-state index contributed by atoms with van der Waals surface area (Å²) in [6, 6.07) is 22.0. The number of amides is 2. The minimum atomic E-state index is -0.732. The first-order valence-corrected chi connectivity index (χ1v) is 13.8.